The number of benzene rings is 1. The van der Waals surface area contributed by atoms with Gasteiger partial charge in [0.25, 0.3) is 0 Å². The van der Waals surface area contributed by atoms with Crippen molar-refractivity contribution in [3.63, 3.8) is 0 Å². The van der Waals surface area contributed by atoms with Gasteiger partial charge in [-0.1, -0.05) is 37.6 Å². The van der Waals surface area contributed by atoms with Gasteiger partial charge in [-0.25, -0.2) is 14.6 Å². The van der Waals surface area contributed by atoms with E-state index in [2.05, 4.69) is 41.6 Å². The monoisotopic (exact) mass is 563 g/mol. The Morgan fingerprint density at radius 1 is 1.13 bits per heavy atom. The van der Waals surface area contributed by atoms with Crippen LogP contribution in [0.5, 0.6) is 5.88 Å². The molecule has 4 rings (SSSR count). The van der Waals surface area contributed by atoms with Gasteiger partial charge >= 0.3 is 11.9 Å². The van der Waals surface area contributed by atoms with E-state index < -0.39 is 24.1 Å². The van der Waals surface area contributed by atoms with Gasteiger partial charge in [0.1, 0.15) is 6.10 Å². The maximum atomic E-state index is 9.77. The Kier molecular flexibility index (Phi) is 10.9. The molecule has 1 aliphatic carbocycles. The molecule has 0 radical (unpaired) electrons. The smallest absolute Gasteiger partial charge is 0.335 e. The first-order chi connectivity index (χ1) is 18.5. The summed E-state index contributed by atoms with van der Waals surface area (Å²) in [6, 6.07) is 8.26. The Hall–Kier alpha value is -2.92. The number of anilines is 1. The quantitative estimate of drug-likeness (QED) is 0.281. The average Bonchev–Trinajstić information content (AvgIpc) is 3.13. The van der Waals surface area contributed by atoms with E-state index in [1.54, 1.807) is 0 Å². The van der Waals surface area contributed by atoms with E-state index in [0.717, 1.165) is 60.9 Å². The molecule has 3 atom stereocenters. The fourth-order valence-electron chi connectivity index (χ4n) is 4.88. The second-order valence-electron chi connectivity index (χ2n) is 10.7. The van der Waals surface area contributed by atoms with Crippen molar-refractivity contribution in [2.45, 2.75) is 77.2 Å². The van der Waals surface area contributed by atoms with Crippen molar-refractivity contribution in [2.24, 2.45) is 5.41 Å². The third kappa shape index (κ3) is 9.06. The number of nitrogens with zero attached hydrogens (tertiary/aromatic N) is 1. The Bertz CT molecular complexity index is 1110. The van der Waals surface area contributed by atoms with Crippen LogP contribution in [0.15, 0.2) is 30.5 Å². The Morgan fingerprint density at radius 2 is 1.82 bits per heavy atom. The maximum Gasteiger partial charge on any atom is 0.335 e. The molecular formula is C28H38ClN3O7. The first-order valence-electron chi connectivity index (χ1n) is 13.1. The molecule has 1 unspecified atom stereocenters. The lowest BCUT2D eigenvalue weighted by Gasteiger charge is -2.34. The molecule has 0 saturated heterocycles. The highest BCUT2D eigenvalue weighted by molar-refractivity contribution is 6.33. The van der Waals surface area contributed by atoms with E-state index in [4.69, 9.17) is 36.8 Å². The summed E-state index contributed by atoms with van der Waals surface area (Å²) in [7, 11) is 0. The molecule has 214 valence electrons. The first kappa shape index (κ1) is 30.6. The van der Waals surface area contributed by atoms with Gasteiger partial charge in [-0.2, -0.15) is 0 Å². The van der Waals surface area contributed by atoms with Crippen LogP contribution in [0.2, 0.25) is 5.02 Å². The van der Waals surface area contributed by atoms with Crippen molar-refractivity contribution < 1.29 is 34.8 Å². The van der Waals surface area contributed by atoms with Crippen LogP contribution in [0.25, 0.3) is 0 Å². The van der Waals surface area contributed by atoms with Gasteiger partial charge in [-0.3, -0.25) is 0 Å². The van der Waals surface area contributed by atoms with Crippen molar-refractivity contribution in [1.29, 1.82) is 0 Å². The predicted octanol–water partition coefficient (Wildman–Crippen LogP) is 3.26. The number of aliphatic hydroxyl groups excluding tert-OH is 2. The molecule has 1 aromatic carbocycles. The number of hydrogen-bond acceptors (Lipinski definition) is 8. The molecule has 1 aromatic heterocycles. The topological polar surface area (TPSA) is 161 Å². The molecule has 1 fully saturated rings. The number of fused-ring (bicyclic) bond motifs is 1. The number of carbonyl (C=O) groups is 2. The van der Waals surface area contributed by atoms with Crippen molar-refractivity contribution in [1.82, 2.24) is 10.3 Å². The highest BCUT2D eigenvalue weighted by atomic mass is 35.5. The molecule has 0 amide bonds. The number of rotatable bonds is 8. The van der Waals surface area contributed by atoms with Crippen LogP contribution in [0.4, 0.5) is 5.69 Å². The minimum atomic E-state index is -2.27. The van der Waals surface area contributed by atoms with Crippen LogP contribution < -0.4 is 15.4 Å². The van der Waals surface area contributed by atoms with E-state index in [9.17, 15) is 9.59 Å². The number of carboxylic acid groups (broad SMARTS) is 2. The van der Waals surface area contributed by atoms with Crippen LogP contribution in [-0.4, -0.2) is 68.8 Å². The van der Waals surface area contributed by atoms with Gasteiger partial charge in [0.05, 0.1) is 10.7 Å². The van der Waals surface area contributed by atoms with Gasteiger partial charge in [0.15, 0.2) is 12.2 Å². The van der Waals surface area contributed by atoms with Crippen molar-refractivity contribution in [3.8, 4) is 5.88 Å². The highest BCUT2D eigenvalue weighted by Crippen LogP contribution is 2.36. The number of ether oxygens (including phenoxy) is 1. The Morgan fingerprint density at radius 3 is 2.44 bits per heavy atom. The lowest BCUT2D eigenvalue weighted by molar-refractivity contribution is -0.165. The molecular weight excluding hydrogens is 526 g/mol. The third-order valence-corrected chi connectivity index (χ3v) is 7.32. The molecule has 2 aromatic rings. The molecule has 2 heterocycles. The summed E-state index contributed by atoms with van der Waals surface area (Å²) in [4.78, 5) is 24.1. The van der Waals surface area contributed by atoms with E-state index in [-0.39, 0.29) is 6.10 Å². The minimum absolute atomic E-state index is 0.280. The summed E-state index contributed by atoms with van der Waals surface area (Å²) in [5, 5.41) is 40.3. The normalized spacial score (nSPS) is 19.8. The Labute approximate surface area is 233 Å². The average molecular weight is 564 g/mol. The molecule has 0 spiro atoms. The van der Waals surface area contributed by atoms with Gasteiger partial charge < -0.3 is 35.8 Å². The molecule has 6 N–H and O–H groups in total. The number of carboxylic acids is 2. The lowest BCUT2D eigenvalue weighted by Crippen LogP contribution is -2.39. The maximum absolute atomic E-state index is 9.77. The van der Waals surface area contributed by atoms with Gasteiger partial charge in [0, 0.05) is 18.8 Å². The molecule has 2 aliphatic rings. The minimum Gasteiger partial charge on any atom is -0.479 e. The zero-order valence-electron chi connectivity index (χ0n) is 22.3. The largest absolute Gasteiger partial charge is 0.479 e. The van der Waals surface area contributed by atoms with Crippen molar-refractivity contribution in [2.75, 3.05) is 18.4 Å². The van der Waals surface area contributed by atoms with Crippen LogP contribution >= 0.6 is 11.6 Å². The van der Waals surface area contributed by atoms with Crippen LogP contribution in [0.1, 0.15) is 56.2 Å². The number of hydrogen-bond donors (Lipinski definition) is 6. The SMILES string of the molecule is CC1(C)CCCC(Oc2ccc(CNc3c(Cl)ccc4c3CCNCC4)cn2)C1.O=C(O)[C@H](O)[C@@H](O)C(=O)O. The highest BCUT2D eigenvalue weighted by Gasteiger charge is 2.30. The van der Waals surface area contributed by atoms with E-state index in [1.807, 2.05) is 18.3 Å². The summed E-state index contributed by atoms with van der Waals surface area (Å²) >= 11 is 6.52. The lowest BCUT2D eigenvalue weighted by atomic mass is 9.76. The molecule has 1 aliphatic heterocycles. The van der Waals surface area contributed by atoms with Crippen molar-refractivity contribution in [3.05, 3.63) is 52.2 Å². The van der Waals surface area contributed by atoms with Gasteiger partial charge in [-0.15, -0.1) is 0 Å². The number of halogens is 1. The molecule has 10 nitrogen and oxygen atoms in total. The standard InChI is InChI=1S/C24H32ClN3O.C4H6O6/c1-24(2)11-3-4-19(14-24)29-22-8-5-17(15-27-22)16-28-23-20-10-13-26-12-9-18(20)6-7-21(23)25;5-1(3(7)8)2(6)4(9)10/h5-8,15,19,26,28H,3-4,9-14,16H2,1-2H3;1-2,5-6H,(H,7,8)(H,9,10)/t;1-,2-/m.1/s1. The number of pyridine rings is 1. The van der Waals surface area contributed by atoms with E-state index in [1.165, 1.54) is 24.0 Å². The number of nitrogens with one attached hydrogen (secondary N) is 2. The van der Waals surface area contributed by atoms with Gasteiger partial charge in [0.2, 0.25) is 5.88 Å². The fourth-order valence-corrected chi connectivity index (χ4v) is 5.12. The Balaban J connectivity index is 0.000000360. The van der Waals surface area contributed by atoms with Crippen LogP contribution in [0, 0.1) is 5.41 Å². The number of aromatic nitrogens is 1. The summed E-state index contributed by atoms with van der Waals surface area (Å²) in [6.07, 6.45) is 4.45. The second-order valence-corrected chi connectivity index (χ2v) is 11.1. The third-order valence-electron chi connectivity index (χ3n) is 7.00. The zero-order chi connectivity index (χ0) is 28.6. The number of aliphatic hydroxyl groups is 2. The van der Waals surface area contributed by atoms with Gasteiger partial charge in [-0.05, 0) is 79.8 Å². The molecule has 39 heavy (non-hydrogen) atoms. The van der Waals surface area contributed by atoms with Crippen LogP contribution in [-0.2, 0) is 29.0 Å². The first-order valence-corrected chi connectivity index (χ1v) is 13.5. The molecule has 1 saturated carbocycles. The summed E-state index contributed by atoms with van der Waals surface area (Å²) in [6.45, 7) is 7.38. The van der Waals surface area contributed by atoms with E-state index in [0.29, 0.717) is 12.0 Å². The fraction of sp³-hybridized carbons (Fsp3) is 0.536. The zero-order valence-corrected chi connectivity index (χ0v) is 23.1. The summed E-state index contributed by atoms with van der Waals surface area (Å²) < 4.78 is 6.16. The summed E-state index contributed by atoms with van der Waals surface area (Å²) in [5.74, 6) is -2.81. The van der Waals surface area contributed by atoms with E-state index >= 15 is 0 Å². The number of aliphatic carboxylic acids is 2. The predicted molar refractivity (Wildman–Crippen MR) is 147 cm³/mol. The molecule has 11 heteroatoms. The van der Waals surface area contributed by atoms with Crippen LogP contribution in [0.3, 0.4) is 0 Å². The second kappa shape index (κ2) is 13.9. The molecule has 0 bridgehead atoms. The summed E-state index contributed by atoms with van der Waals surface area (Å²) in [5.41, 5.74) is 5.30. The van der Waals surface area contributed by atoms with Crippen molar-refractivity contribution >= 4 is 29.2 Å².